The third-order valence-corrected chi connectivity index (χ3v) is 5.20. The standard InChI is InChI=1S/C15H21N3O2S/c19-14(17-9-11-7-16-8-11)1-2-15(20)18-5-3-13-12(10-18)4-6-21-13/h4,6,11,16H,1-3,5,7-10H2,(H,17,19). The molecule has 0 radical (unpaired) electrons. The Kier molecular flexibility index (Phi) is 4.55. The van der Waals surface area contributed by atoms with Crippen molar-refractivity contribution >= 4 is 23.2 Å². The molecule has 1 saturated heterocycles. The summed E-state index contributed by atoms with van der Waals surface area (Å²) in [7, 11) is 0. The topological polar surface area (TPSA) is 61.4 Å². The molecule has 3 heterocycles. The fraction of sp³-hybridized carbons (Fsp3) is 0.600. The molecule has 0 bridgehead atoms. The summed E-state index contributed by atoms with van der Waals surface area (Å²) in [6.45, 7) is 4.17. The van der Waals surface area contributed by atoms with Crippen molar-refractivity contribution in [3.63, 3.8) is 0 Å². The first-order chi connectivity index (χ1) is 10.2. The molecule has 2 amide bonds. The summed E-state index contributed by atoms with van der Waals surface area (Å²) in [4.78, 5) is 27.2. The van der Waals surface area contributed by atoms with E-state index >= 15 is 0 Å². The largest absolute Gasteiger partial charge is 0.356 e. The van der Waals surface area contributed by atoms with Crippen molar-refractivity contribution in [1.82, 2.24) is 15.5 Å². The van der Waals surface area contributed by atoms with Crippen molar-refractivity contribution in [3.8, 4) is 0 Å². The minimum Gasteiger partial charge on any atom is -0.356 e. The maximum atomic E-state index is 12.2. The predicted octanol–water partition coefficient (Wildman–Crippen LogP) is 0.749. The summed E-state index contributed by atoms with van der Waals surface area (Å²) in [5.41, 5.74) is 1.27. The lowest BCUT2D eigenvalue weighted by atomic mass is 10.0. The van der Waals surface area contributed by atoms with E-state index in [1.165, 1.54) is 10.4 Å². The number of amides is 2. The second-order valence-corrected chi connectivity index (χ2v) is 6.76. The molecule has 1 fully saturated rings. The number of fused-ring (bicyclic) bond motifs is 1. The summed E-state index contributed by atoms with van der Waals surface area (Å²) in [6, 6.07) is 2.10. The van der Waals surface area contributed by atoms with Gasteiger partial charge in [-0.1, -0.05) is 0 Å². The summed E-state index contributed by atoms with van der Waals surface area (Å²) in [6.07, 6.45) is 1.56. The molecule has 6 heteroatoms. The third kappa shape index (κ3) is 3.63. The Morgan fingerprint density at radius 3 is 3.00 bits per heavy atom. The molecule has 1 aromatic heterocycles. The van der Waals surface area contributed by atoms with Gasteiger partial charge in [-0.05, 0) is 23.4 Å². The van der Waals surface area contributed by atoms with Crippen molar-refractivity contribution in [1.29, 1.82) is 0 Å². The zero-order valence-electron chi connectivity index (χ0n) is 12.1. The van der Waals surface area contributed by atoms with Gasteiger partial charge in [-0.2, -0.15) is 0 Å². The SMILES string of the molecule is O=C(CCC(=O)N1CCc2sccc2C1)NCC1CNC1. The van der Waals surface area contributed by atoms with Gasteiger partial charge in [-0.15, -0.1) is 11.3 Å². The van der Waals surface area contributed by atoms with Gasteiger partial charge in [0.2, 0.25) is 11.8 Å². The van der Waals surface area contributed by atoms with E-state index in [9.17, 15) is 9.59 Å². The van der Waals surface area contributed by atoms with Crippen LogP contribution in [-0.4, -0.2) is 42.9 Å². The summed E-state index contributed by atoms with van der Waals surface area (Å²) in [5, 5.41) is 8.16. The van der Waals surface area contributed by atoms with Crippen LogP contribution in [0.15, 0.2) is 11.4 Å². The first-order valence-corrected chi connectivity index (χ1v) is 8.41. The van der Waals surface area contributed by atoms with E-state index in [4.69, 9.17) is 0 Å². The molecule has 5 nitrogen and oxygen atoms in total. The van der Waals surface area contributed by atoms with Gasteiger partial charge in [0.25, 0.3) is 0 Å². The zero-order valence-corrected chi connectivity index (χ0v) is 12.9. The molecule has 0 aliphatic carbocycles. The monoisotopic (exact) mass is 307 g/mol. The maximum absolute atomic E-state index is 12.2. The minimum atomic E-state index is -0.0107. The Hall–Kier alpha value is -1.40. The Balaban J connectivity index is 1.39. The minimum absolute atomic E-state index is 0.0107. The molecular formula is C15H21N3O2S. The molecule has 2 N–H and O–H groups in total. The number of nitrogens with one attached hydrogen (secondary N) is 2. The second kappa shape index (κ2) is 6.58. The van der Waals surface area contributed by atoms with E-state index in [-0.39, 0.29) is 11.8 Å². The number of rotatable bonds is 5. The molecule has 2 aliphatic rings. The van der Waals surface area contributed by atoms with Crippen molar-refractivity contribution in [2.45, 2.75) is 25.8 Å². The summed E-state index contributed by atoms with van der Waals surface area (Å²) in [5.74, 6) is 0.638. The molecule has 2 aliphatic heterocycles. The van der Waals surface area contributed by atoms with Crippen LogP contribution in [0.2, 0.25) is 0 Å². The van der Waals surface area contributed by atoms with Gasteiger partial charge in [0.15, 0.2) is 0 Å². The highest BCUT2D eigenvalue weighted by atomic mass is 32.1. The van der Waals surface area contributed by atoms with Gasteiger partial charge in [0.1, 0.15) is 0 Å². The lowest BCUT2D eigenvalue weighted by Gasteiger charge is -2.28. The van der Waals surface area contributed by atoms with Crippen LogP contribution in [0, 0.1) is 5.92 Å². The number of thiophene rings is 1. The highest BCUT2D eigenvalue weighted by Gasteiger charge is 2.22. The summed E-state index contributed by atoms with van der Waals surface area (Å²) >= 11 is 1.77. The highest BCUT2D eigenvalue weighted by molar-refractivity contribution is 7.10. The van der Waals surface area contributed by atoms with Crippen LogP contribution >= 0.6 is 11.3 Å². The van der Waals surface area contributed by atoms with Crippen LogP contribution in [0.4, 0.5) is 0 Å². The normalized spacial score (nSPS) is 18.0. The van der Waals surface area contributed by atoms with E-state index < -0.39 is 0 Å². The lowest BCUT2D eigenvalue weighted by molar-refractivity contribution is -0.134. The van der Waals surface area contributed by atoms with Gasteiger partial charge in [-0.25, -0.2) is 0 Å². The van der Waals surface area contributed by atoms with Crippen molar-refractivity contribution in [2.24, 2.45) is 5.92 Å². The molecule has 0 spiro atoms. The summed E-state index contributed by atoms with van der Waals surface area (Å²) < 4.78 is 0. The first kappa shape index (κ1) is 14.5. The fourth-order valence-corrected chi connectivity index (χ4v) is 3.57. The Bertz CT molecular complexity index is 525. The number of nitrogens with zero attached hydrogens (tertiary/aromatic N) is 1. The Morgan fingerprint density at radius 2 is 2.24 bits per heavy atom. The molecule has 3 rings (SSSR count). The van der Waals surface area contributed by atoms with E-state index in [1.807, 2.05) is 4.90 Å². The fourth-order valence-electron chi connectivity index (χ4n) is 2.68. The Labute approximate surface area is 128 Å². The van der Waals surface area contributed by atoms with Gasteiger partial charge < -0.3 is 15.5 Å². The average Bonchev–Trinajstić information content (AvgIpc) is 2.90. The lowest BCUT2D eigenvalue weighted by Crippen LogP contribution is -2.48. The van der Waals surface area contributed by atoms with Crippen LogP contribution in [0.1, 0.15) is 23.3 Å². The van der Waals surface area contributed by atoms with Gasteiger partial charge in [0.05, 0.1) is 0 Å². The first-order valence-electron chi connectivity index (χ1n) is 7.53. The molecule has 0 atom stereocenters. The van der Waals surface area contributed by atoms with Crippen LogP contribution in [0.25, 0.3) is 0 Å². The smallest absolute Gasteiger partial charge is 0.223 e. The van der Waals surface area contributed by atoms with Crippen molar-refractivity contribution in [2.75, 3.05) is 26.2 Å². The number of hydrogen-bond donors (Lipinski definition) is 2. The second-order valence-electron chi connectivity index (χ2n) is 5.76. The van der Waals surface area contributed by atoms with E-state index in [0.29, 0.717) is 25.3 Å². The van der Waals surface area contributed by atoms with Gasteiger partial charge in [-0.3, -0.25) is 9.59 Å². The molecule has 0 saturated carbocycles. The van der Waals surface area contributed by atoms with E-state index in [2.05, 4.69) is 22.1 Å². The third-order valence-electron chi connectivity index (χ3n) is 4.18. The predicted molar refractivity (Wildman–Crippen MR) is 82.0 cm³/mol. The van der Waals surface area contributed by atoms with E-state index in [1.54, 1.807) is 11.3 Å². The number of carbonyl (C=O) groups excluding carboxylic acids is 2. The molecule has 0 unspecified atom stereocenters. The van der Waals surface area contributed by atoms with Crippen LogP contribution in [0.3, 0.4) is 0 Å². The van der Waals surface area contributed by atoms with Crippen LogP contribution in [0.5, 0.6) is 0 Å². The van der Waals surface area contributed by atoms with Gasteiger partial charge in [0, 0.05) is 56.4 Å². The molecular weight excluding hydrogens is 286 g/mol. The number of carbonyl (C=O) groups is 2. The number of hydrogen-bond acceptors (Lipinski definition) is 4. The molecule has 0 aromatic carbocycles. The maximum Gasteiger partial charge on any atom is 0.223 e. The highest BCUT2D eigenvalue weighted by Crippen LogP contribution is 2.24. The van der Waals surface area contributed by atoms with Crippen molar-refractivity contribution < 1.29 is 9.59 Å². The van der Waals surface area contributed by atoms with Crippen molar-refractivity contribution in [3.05, 3.63) is 21.9 Å². The van der Waals surface area contributed by atoms with E-state index in [0.717, 1.165) is 32.6 Å². The molecule has 114 valence electrons. The quantitative estimate of drug-likeness (QED) is 0.844. The Morgan fingerprint density at radius 1 is 1.38 bits per heavy atom. The van der Waals surface area contributed by atoms with Gasteiger partial charge >= 0.3 is 0 Å². The van der Waals surface area contributed by atoms with Crippen LogP contribution < -0.4 is 10.6 Å². The van der Waals surface area contributed by atoms with Crippen LogP contribution in [-0.2, 0) is 22.6 Å². The zero-order chi connectivity index (χ0) is 14.7. The average molecular weight is 307 g/mol. The molecule has 1 aromatic rings. The molecule has 21 heavy (non-hydrogen) atoms.